The lowest BCUT2D eigenvalue weighted by Crippen LogP contribution is -1.91. The second-order valence-corrected chi connectivity index (χ2v) is 4.47. The average Bonchev–Trinajstić information content (AvgIpc) is 2.31. The Hall–Kier alpha value is -0.960. The highest BCUT2D eigenvalue weighted by molar-refractivity contribution is 6.41. The maximum absolute atomic E-state index is 6.18. The number of pyridine rings is 1. The largest absolute Gasteiger partial charge is 0.480 e. The molecule has 0 radical (unpaired) electrons. The molecule has 0 aliphatic rings. The third kappa shape index (κ3) is 2.34. The summed E-state index contributed by atoms with van der Waals surface area (Å²) in [5.74, 6) is 0.347. The molecule has 0 atom stereocenters. The SMILES string of the molecule is COc1nccc(-c2c(Cl)cccc2Cl)c1Cl. The molecule has 0 saturated heterocycles. The van der Waals surface area contributed by atoms with Crippen LogP contribution in [-0.2, 0) is 0 Å². The second kappa shape index (κ2) is 5.13. The number of hydrogen-bond donors (Lipinski definition) is 0. The van der Waals surface area contributed by atoms with E-state index in [1.165, 1.54) is 7.11 Å². The van der Waals surface area contributed by atoms with E-state index >= 15 is 0 Å². The van der Waals surface area contributed by atoms with Gasteiger partial charge in [0.25, 0.3) is 0 Å². The summed E-state index contributed by atoms with van der Waals surface area (Å²) in [4.78, 5) is 4.00. The number of aromatic nitrogens is 1. The van der Waals surface area contributed by atoms with Crippen LogP contribution in [0.1, 0.15) is 0 Å². The fourth-order valence-electron chi connectivity index (χ4n) is 1.52. The van der Waals surface area contributed by atoms with Crippen LogP contribution in [0.25, 0.3) is 11.1 Å². The van der Waals surface area contributed by atoms with Gasteiger partial charge in [0.1, 0.15) is 5.02 Å². The number of methoxy groups -OCH3 is 1. The lowest BCUT2D eigenvalue weighted by Gasteiger charge is -2.10. The minimum atomic E-state index is 0.347. The van der Waals surface area contributed by atoms with E-state index in [1.54, 1.807) is 30.5 Å². The zero-order chi connectivity index (χ0) is 12.4. The molecule has 0 amide bonds. The van der Waals surface area contributed by atoms with Gasteiger partial charge in [-0.15, -0.1) is 0 Å². The molecule has 2 nitrogen and oxygen atoms in total. The Bertz CT molecular complexity index is 537. The highest BCUT2D eigenvalue weighted by Gasteiger charge is 2.15. The Morgan fingerprint density at radius 1 is 1.06 bits per heavy atom. The van der Waals surface area contributed by atoms with Gasteiger partial charge in [-0.05, 0) is 18.2 Å². The maximum Gasteiger partial charge on any atom is 0.232 e. The highest BCUT2D eigenvalue weighted by Crippen LogP contribution is 2.40. The van der Waals surface area contributed by atoms with Crippen molar-refractivity contribution in [2.75, 3.05) is 7.11 Å². The minimum absolute atomic E-state index is 0.347. The third-order valence-electron chi connectivity index (χ3n) is 2.28. The van der Waals surface area contributed by atoms with E-state index in [4.69, 9.17) is 39.5 Å². The molecule has 1 aromatic carbocycles. The molecule has 0 aliphatic heterocycles. The topological polar surface area (TPSA) is 22.1 Å². The number of rotatable bonds is 2. The minimum Gasteiger partial charge on any atom is -0.480 e. The summed E-state index contributed by atoms with van der Waals surface area (Å²) < 4.78 is 5.06. The summed E-state index contributed by atoms with van der Waals surface area (Å²) in [6, 6.07) is 7.04. The number of halogens is 3. The van der Waals surface area contributed by atoms with Crippen molar-refractivity contribution < 1.29 is 4.74 Å². The summed E-state index contributed by atoms with van der Waals surface area (Å²) >= 11 is 18.4. The molecule has 88 valence electrons. The van der Waals surface area contributed by atoms with Gasteiger partial charge in [-0.2, -0.15) is 0 Å². The van der Waals surface area contributed by atoms with Crippen LogP contribution in [-0.4, -0.2) is 12.1 Å². The second-order valence-electron chi connectivity index (χ2n) is 3.28. The Morgan fingerprint density at radius 3 is 2.29 bits per heavy atom. The van der Waals surface area contributed by atoms with Crippen molar-refractivity contribution in [3.05, 3.63) is 45.5 Å². The van der Waals surface area contributed by atoms with Crippen LogP contribution in [0.2, 0.25) is 15.1 Å². The zero-order valence-electron chi connectivity index (χ0n) is 8.88. The first-order valence-electron chi connectivity index (χ1n) is 4.78. The molecule has 0 saturated carbocycles. The molecule has 0 bridgehead atoms. The van der Waals surface area contributed by atoms with Crippen LogP contribution in [0, 0.1) is 0 Å². The van der Waals surface area contributed by atoms with Crippen molar-refractivity contribution in [1.29, 1.82) is 0 Å². The number of nitrogens with zero attached hydrogens (tertiary/aromatic N) is 1. The van der Waals surface area contributed by atoms with Crippen LogP contribution < -0.4 is 4.74 Å². The zero-order valence-corrected chi connectivity index (χ0v) is 11.1. The maximum atomic E-state index is 6.18. The molecular formula is C12H8Cl3NO. The molecule has 0 fully saturated rings. The molecule has 17 heavy (non-hydrogen) atoms. The number of ether oxygens (including phenoxy) is 1. The van der Waals surface area contributed by atoms with E-state index < -0.39 is 0 Å². The molecular weight excluding hydrogens is 280 g/mol. The smallest absolute Gasteiger partial charge is 0.232 e. The van der Waals surface area contributed by atoms with Gasteiger partial charge in [0.15, 0.2) is 0 Å². The van der Waals surface area contributed by atoms with E-state index in [0.717, 1.165) is 0 Å². The summed E-state index contributed by atoms with van der Waals surface area (Å²) in [5.41, 5.74) is 1.38. The monoisotopic (exact) mass is 287 g/mol. The molecule has 0 N–H and O–H groups in total. The molecule has 2 rings (SSSR count). The average molecular weight is 289 g/mol. The molecule has 2 aromatic rings. The Balaban J connectivity index is 2.69. The van der Waals surface area contributed by atoms with Crippen LogP contribution in [0.15, 0.2) is 30.5 Å². The first-order valence-corrected chi connectivity index (χ1v) is 5.91. The first kappa shape index (κ1) is 12.5. The first-order chi connectivity index (χ1) is 8.15. The van der Waals surface area contributed by atoms with Gasteiger partial charge in [-0.3, -0.25) is 0 Å². The van der Waals surface area contributed by atoms with E-state index in [2.05, 4.69) is 4.98 Å². The highest BCUT2D eigenvalue weighted by atomic mass is 35.5. The fraction of sp³-hybridized carbons (Fsp3) is 0.0833. The van der Waals surface area contributed by atoms with Gasteiger partial charge < -0.3 is 4.74 Å². The quantitative estimate of drug-likeness (QED) is 0.798. The van der Waals surface area contributed by atoms with Crippen molar-refractivity contribution in [3.63, 3.8) is 0 Å². The Kier molecular flexibility index (Phi) is 3.77. The molecule has 5 heteroatoms. The van der Waals surface area contributed by atoms with Gasteiger partial charge in [0.05, 0.1) is 7.11 Å². The molecule has 1 heterocycles. The van der Waals surface area contributed by atoms with Crippen LogP contribution in [0.5, 0.6) is 5.88 Å². The Labute approximate surface area is 114 Å². The van der Waals surface area contributed by atoms with E-state index in [0.29, 0.717) is 32.1 Å². The lowest BCUT2D eigenvalue weighted by molar-refractivity contribution is 0.398. The van der Waals surface area contributed by atoms with Crippen molar-refractivity contribution in [2.45, 2.75) is 0 Å². The van der Waals surface area contributed by atoms with Crippen LogP contribution in [0.4, 0.5) is 0 Å². The van der Waals surface area contributed by atoms with Crippen molar-refractivity contribution in [2.24, 2.45) is 0 Å². The molecule has 0 spiro atoms. The third-order valence-corrected chi connectivity index (χ3v) is 3.28. The van der Waals surface area contributed by atoms with Gasteiger partial charge in [-0.25, -0.2) is 4.98 Å². The molecule has 0 aliphatic carbocycles. The van der Waals surface area contributed by atoms with Gasteiger partial charge in [0.2, 0.25) is 5.88 Å². The van der Waals surface area contributed by atoms with Crippen LogP contribution in [0.3, 0.4) is 0 Å². The molecule has 1 aromatic heterocycles. The Morgan fingerprint density at radius 2 is 1.71 bits per heavy atom. The fourth-order valence-corrected chi connectivity index (χ4v) is 2.40. The number of hydrogen-bond acceptors (Lipinski definition) is 2. The van der Waals surface area contributed by atoms with Crippen molar-refractivity contribution in [1.82, 2.24) is 4.98 Å². The van der Waals surface area contributed by atoms with E-state index in [9.17, 15) is 0 Å². The summed E-state index contributed by atoms with van der Waals surface area (Å²) in [6.45, 7) is 0. The summed E-state index contributed by atoms with van der Waals surface area (Å²) in [5, 5.41) is 1.46. The standard InChI is InChI=1S/C12H8Cl3NO/c1-17-12-11(15)7(5-6-16-12)10-8(13)3-2-4-9(10)14/h2-6H,1H3. The van der Waals surface area contributed by atoms with E-state index in [1.807, 2.05) is 0 Å². The van der Waals surface area contributed by atoms with Crippen molar-refractivity contribution in [3.8, 4) is 17.0 Å². The van der Waals surface area contributed by atoms with Gasteiger partial charge >= 0.3 is 0 Å². The van der Waals surface area contributed by atoms with Gasteiger partial charge in [-0.1, -0.05) is 40.9 Å². The molecule has 0 unspecified atom stereocenters. The lowest BCUT2D eigenvalue weighted by atomic mass is 10.1. The number of benzene rings is 1. The predicted molar refractivity (Wildman–Crippen MR) is 71.3 cm³/mol. The summed E-state index contributed by atoms with van der Waals surface area (Å²) in [6.07, 6.45) is 1.60. The normalized spacial score (nSPS) is 10.4. The predicted octanol–water partition coefficient (Wildman–Crippen LogP) is 4.72. The summed E-state index contributed by atoms with van der Waals surface area (Å²) in [7, 11) is 1.51. The van der Waals surface area contributed by atoms with E-state index in [-0.39, 0.29) is 0 Å². The van der Waals surface area contributed by atoms with Gasteiger partial charge in [0, 0.05) is 27.4 Å². The van der Waals surface area contributed by atoms with Crippen molar-refractivity contribution >= 4 is 34.8 Å². The van der Waals surface area contributed by atoms with Crippen LogP contribution >= 0.6 is 34.8 Å².